The molecule has 18 heavy (non-hydrogen) atoms. The van der Waals surface area contributed by atoms with E-state index < -0.39 is 0 Å². The Morgan fingerprint density at radius 2 is 2.17 bits per heavy atom. The summed E-state index contributed by atoms with van der Waals surface area (Å²) in [6.07, 6.45) is 9.22. The Kier molecular flexibility index (Phi) is 5.14. The molecular formula is C12H22BrN5. The molecule has 1 unspecified atom stereocenters. The fourth-order valence-electron chi connectivity index (χ4n) is 2.89. The maximum Gasteiger partial charge on any atom is 0.153 e. The van der Waals surface area contributed by atoms with Crippen molar-refractivity contribution in [2.24, 2.45) is 18.8 Å². The summed E-state index contributed by atoms with van der Waals surface area (Å²) in [5, 5.41) is 8.02. The van der Waals surface area contributed by atoms with Gasteiger partial charge in [-0.25, -0.2) is 4.68 Å². The molecule has 0 aliphatic heterocycles. The summed E-state index contributed by atoms with van der Waals surface area (Å²) in [4.78, 5) is 0. The summed E-state index contributed by atoms with van der Waals surface area (Å²) >= 11 is 3.43. The van der Waals surface area contributed by atoms with Crippen molar-refractivity contribution in [3.8, 4) is 0 Å². The number of hydrogen-bond donors (Lipinski definition) is 2. The first-order valence-corrected chi connectivity index (χ1v) is 7.53. The van der Waals surface area contributed by atoms with Crippen LogP contribution in [0.3, 0.4) is 0 Å². The van der Waals surface area contributed by atoms with Gasteiger partial charge in [0.2, 0.25) is 0 Å². The molecule has 6 heteroatoms. The van der Waals surface area contributed by atoms with Crippen LogP contribution in [0.25, 0.3) is 0 Å². The highest BCUT2D eigenvalue weighted by Gasteiger charge is 2.21. The number of halogens is 1. The molecular weight excluding hydrogens is 294 g/mol. The molecule has 1 saturated carbocycles. The smallest absolute Gasteiger partial charge is 0.153 e. The zero-order chi connectivity index (χ0) is 13.0. The van der Waals surface area contributed by atoms with Gasteiger partial charge >= 0.3 is 0 Å². The molecule has 1 aromatic rings. The summed E-state index contributed by atoms with van der Waals surface area (Å²) in [5.74, 6) is 6.55. The number of rotatable bonds is 5. The minimum Gasteiger partial charge on any atom is -0.271 e. The largest absolute Gasteiger partial charge is 0.271 e. The van der Waals surface area contributed by atoms with Gasteiger partial charge in [-0.15, -0.1) is 5.10 Å². The van der Waals surface area contributed by atoms with Gasteiger partial charge in [-0.05, 0) is 34.7 Å². The number of nitrogens with zero attached hydrogens (tertiary/aromatic N) is 3. The zero-order valence-electron chi connectivity index (χ0n) is 10.9. The van der Waals surface area contributed by atoms with E-state index in [1.165, 1.54) is 38.5 Å². The summed E-state index contributed by atoms with van der Waals surface area (Å²) in [7, 11) is 1.90. The number of nitrogens with one attached hydrogen (secondary N) is 1. The molecule has 1 aliphatic carbocycles. The predicted molar refractivity (Wildman–Crippen MR) is 74.6 cm³/mol. The molecule has 0 spiro atoms. The van der Waals surface area contributed by atoms with Crippen LogP contribution in [0.1, 0.15) is 56.7 Å². The Morgan fingerprint density at radius 3 is 2.72 bits per heavy atom. The van der Waals surface area contributed by atoms with Crippen LogP contribution in [0.15, 0.2) is 4.60 Å². The van der Waals surface area contributed by atoms with Gasteiger partial charge in [0, 0.05) is 7.05 Å². The molecule has 3 N–H and O–H groups in total. The van der Waals surface area contributed by atoms with Gasteiger partial charge in [-0.1, -0.05) is 37.3 Å². The lowest BCUT2D eigenvalue weighted by molar-refractivity contribution is 0.311. The van der Waals surface area contributed by atoms with Crippen molar-refractivity contribution in [3.63, 3.8) is 0 Å². The van der Waals surface area contributed by atoms with E-state index in [1.807, 2.05) is 7.05 Å². The Hall–Kier alpha value is -0.460. The highest BCUT2D eigenvalue weighted by molar-refractivity contribution is 9.10. The van der Waals surface area contributed by atoms with E-state index in [-0.39, 0.29) is 6.04 Å². The van der Waals surface area contributed by atoms with E-state index in [4.69, 9.17) is 5.84 Å². The van der Waals surface area contributed by atoms with Crippen LogP contribution in [0.4, 0.5) is 0 Å². The lowest BCUT2D eigenvalue weighted by Crippen LogP contribution is -2.30. The van der Waals surface area contributed by atoms with Crippen molar-refractivity contribution in [1.29, 1.82) is 0 Å². The van der Waals surface area contributed by atoms with Crippen molar-refractivity contribution in [2.75, 3.05) is 0 Å². The van der Waals surface area contributed by atoms with Crippen molar-refractivity contribution >= 4 is 15.9 Å². The highest BCUT2D eigenvalue weighted by Crippen LogP contribution is 2.31. The topological polar surface area (TPSA) is 68.8 Å². The number of hydrogen-bond acceptors (Lipinski definition) is 4. The summed E-state index contributed by atoms with van der Waals surface area (Å²) in [5.41, 5.74) is 3.93. The van der Waals surface area contributed by atoms with Crippen molar-refractivity contribution < 1.29 is 0 Å². The van der Waals surface area contributed by atoms with Crippen LogP contribution >= 0.6 is 15.9 Å². The maximum absolute atomic E-state index is 5.68. The average molecular weight is 316 g/mol. The monoisotopic (exact) mass is 315 g/mol. The molecule has 1 aliphatic rings. The molecule has 5 nitrogen and oxygen atoms in total. The third-order valence-corrected chi connectivity index (χ3v) is 4.51. The fourth-order valence-corrected chi connectivity index (χ4v) is 3.49. The maximum atomic E-state index is 5.68. The van der Waals surface area contributed by atoms with Gasteiger partial charge < -0.3 is 0 Å². The first kappa shape index (κ1) is 14.0. The minimum absolute atomic E-state index is 0.126. The molecule has 1 heterocycles. The fraction of sp³-hybridized carbons (Fsp3) is 0.833. The lowest BCUT2D eigenvalue weighted by Gasteiger charge is -2.24. The third-order valence-electron chi connectivity index (χ3n) is 3.95. The standard InChI is InChI=1S/C12H22BrN5/c1-18-11(12(13)16-17-18)10(15-14)8-7-9-5-3-2-4-6-9/h9-10,15H,2-8,14H2,1H3. The van der Waals surface area contributed by atoms with E-state index in [2.05, 4.69) is 31.7 Å². The Balaban J connectivity index is 1.93. The van der Waals surface area contributed by atoms with Crippen molar-refractivity contribution in [3.05, 3.63) is 10.3 Å². The molecule has 1 fully saturated rings. The van der Waals surface area contributed by atoms with Gasteiger partial charge in [0.15, 0.2) is 4.60 Å². The van der Waals surface area contributed by atoms with Crippen molar-refractivity contribution in [1.82, 2.24) is 20.4 Å². The van der Waals surface area contributed by atoms with Gasteiger partial charge in [-0.3, -0.25) is 11.3 Å². The molecule has 0 saturated heterocycles. The third kappa shape index (κ3) is 3.30. The van der Waals surface area contributed by atoms with Crippen LogP contribution in [0, 0.1) is 5.92 Å². The molecule has 0 aromatic carbocycles. The summed E-state index contributed by atoms with van der Waals surface area (Å²) in [6.45, 7) is 0. The van der Waals surface area contributed by atoms with Crippen LogP contribution in [-0.2, 0) is 7.05 Å². The van der Waals surface area contributed by atoms with Crippen LogP contribution in [0.2, 0.25) is 0 Å². The summed E-state index contributed by atoms with van der Waals surface area (Å²) in [6, 6.07) is 0.126. The summed E-state index contributed by atoms with van der Waals surface area (Å²) < 4.78 is 2.58. The van der Waals surface area contributed by atoms with E-state index >= 15 is 0 Å². The zero-order valence-corrected chi connectivity index (χ0v) is 12.5. The Morgan fingerprint density at radius 1 is 1.44 bits per heavy atom. The number of nitrogens with two attached hydrogens (primary N) is 1. The van der Waals surface area contributed by atoms with E-state index in [0.29, 0.717) is 0 Å². The normalized spacial score (nSPS) is 19.1. The lowest BCUT2D eigenvalue weighted by atomic mass is 9.85. The van der Waals surface area contributed by atoms with Gasteiger partial charge in [0.05, 0.1) is 11.7 Å². The molecule has 0 amide bonds. The first-order chi connectivity index (χ1) is 8.72. The Bertz CT molecular complexity index is 353. The highest BCUT2D eigenvalue weighted by atomic mass is 79.9. The molecule has 1 atom stereocenters. The van der Waals surface area contributed by atoms with E-state index in [9.17, 15) is 0 Å². The SMILES string of the molecule is Cn1nnc(Br)c1C(CCC1CCCCC1)NN. The van der Waals surface area contributed by atoms with E-state index in [1.54, 1.807) is 4.68 Å². The van der Waals surface area contributed by atoms with Gasteiger partial charge in [-0.2, -0.15) is 0 Å². The average Bonchev–Trinajstić information content (AvgIpc) is 2.73. The molecule has 0 radical (unpaired) electrons. The first-order valence-electron chi connectivity index (χ1n) is 6.73. The Labute approximate surface area is 117 Å². The quantitative estimate of drug-likeness (QED) is 0.647. The molecule has 0 bridgehead atoms. The predicted octanol–water partition coefficient (Wildman–Crippen LogP) is 2.44. The van der Waals surface area contributed by atoms with Gasteiger partial charge in [0.25, 0.3) is 0 Å². The number of aromatic nitrogens is 3. The second-order valence-corrected chi connectivity index (χ2v) is 5.94. The second kappa shape index (κ2) is 6.63. The van der Waals surface area contributed by atoms with E-state index in [0.717, 1.165) is 22.6 Å². The number of aryl methyl sites for hydroxylation is 1. The van der Waals surface area contributed by atoms with Crippen LogP contribution in [-0.4, -0.2) is 15.0 Å². The number of hydrazine groups is 1. The second-order valence-electron chi connectivity index (χ2n) is 5.19. The molecule has 1 aromatic heterocycles. The van der Waals surface area contributed by atoms with Crippen LogP contribution in [0.5, 0.6) is 0 Å². The van der Waals surface area contributed by atoms with Crippen molar-refractivity contribution in [2.45, 2.75) is 51.0 Å². The van der Waals surface area contributed by atoms with Gasteiger partial charge in [0.1, 0.15) is 0 Å². The molecule has 2 rings (SSSR count). The van der Waals surface area contributed by atoms with Crippen LogP contribution < -0.4 is 11.3 Å². The minimum atomic E-state index is 0.126. The molecule has 102 valence electrons.